The smallest absolute Gasteiger partial charge is 0.161 e. The largest absolute Gasteiger partial charge is 0.493 e. The first kappa shape index (κ1) is 16.6. The minimum absolute atomic E-state index is 0.285. The van der Waals surface area contributed by atoms with Crippen molar-refractivity contribution in [3.05, 3.63) is 22.2 Å². The summed E-state index contributed by atoms with van der Waals surface area (Å²) in [7, 11) is 3.19. The van der Waals surface area contributed by atoms with Crippen LogP contribution in [0.2, 0.25) is 0 Å². The summed E-state index contributed by atoms with van der Waals surface area (Å²) in [6, 6.07) is 3.66. The van der Waals surface area contributed by atoms with E-state index in [4.69, 9.17) is 14.2 Å². The van der Waals surface area contributed by atoms with E-state index in [2.05, 4.69) is 15.9 Å². The highest BCUT2D eigenvalue weighted by molar-refractivity contribution is 9.10. The maximum absolute atomic E-state index is 10.4. The Morgan fingerprint density at radius 1 is 1.29 bits per heavy atom. The molecule has 1 fully saturated rings. The van der Waals surface area contributed by atoms with E-state index < -0.39 is 6.10 Å². The monoisotopic (exact) mass is 358 g/mol. The topological polar surface area (TPSA) is 47.9 Å². The molecule has 2 rings (SSSR count). The molecule has 118 valence electrons. The lowest BCUT2D eigenvalue weighted by atomic mass is 9.99. The first-order valence-corrected chi connectivity index (χ1v) is 8.16. The molecule has 1 saturated heterocycles. The summed E-state index contributed by atoms with van der Waals surface area (Å²) < 4.78 is 17.1. The molecule has 0 radical (unpaired) electrons. The van der Waals surface area contributed by atoms with E-state index in [1.54, 1.807) is 14.2 Å². The Balaban J connectivity index is 2.02. The van der Waals surface area contributed by atoms with Gasteiger partial charge in [0, 0.05) is 11.1 Å². The number of rotatable bonds is 6. The fourth-order valence-electron chi connectivity index (χ4n) is 2.66. The van der Waals surface area contributed by atoms with Crippen LogP contribution in [0, 0.1) is 0 Å². The molecular formula is C16H23BrO4. The van der Waals surface area contributed by atoms with Gasteiger partial charge in [0.2, 0.25) is 0 Å². The molecule has 0 bridgehead atoms. The highest BCUT2D eigenvalue weighted by Crippen LogP contribution is 2.37. The van der Waals surface area contributed by atoms with Crippen LogP contribution in [0.25, 0.3) is 0 Å². The number of hydrogen-bond acceptors (Lipinski definition) is 4. The van der Waals surface area contributed by atoms with E-state index in [1.165, 1.54) is 6.42 Å². The number of hydrogen-bond donors (Lipinski definition) is 1. The van der Waals surface area contributed by atoms with Gasteiger partial charge in [-0.3, -0.25) is 0 Å². The van der Waals surface area contributed by atoms with Crippen LogP contribution in [-0.2, 0) is 4.74 Å². The summed E-state index contributed by atoms with van der Waals surface area (Å²) in [5.41, 5.74) is 0.823. The number of benzene rings is 1. The Morgan fingerprint density at radius 3 is 2.62 bits per heavy atom. The molecule has 2 unspecified atom stereocenters. The van der Waals surface area contributed by atoms with E-state index in [0.29, 0.717) is 17.9 Å². The zero-order chi connectivity index (χ0) is 15.2. The Hall–Kier alpha value is -0.780. The molecule has 1 aromatic rings. The van der Waals surface area contributed by atoms with Crippen molar-refractivity contribution in [1.82, 2.24) is 0 Å². The SMILES string of the molecule is COc1cc(Br)c(C(O)CCC2CCCCO2)cc1OC. The number of ether oxygens (including phenoxy) is 3. The van der Waals surface area contributed by atoms with E-state index in [1.807, 2.05) is 12.1 Å². The standard InChI is InChI=1S/C16H23BrO4/c1-19-15-9-12(13(17)10-16(15)20-2)14(18)7-6-11-5-3-4-8-21-11/h9-11,14,18H,3-8H2,1-2H3. The van der Waals surface area contributed by atoms with Crippen molar-refractivity contribution in [3.8, 4) is 11.5 Å². The molecule has 0 spiro atoms. The Labute approximate surface area is 134 Å². The van der Waals surface area contributed by atoms with Crippen molar-refractivity contribution >= 4 is 15.9 Å². The normalized spacial score (nSPS) is 20.1. The summed E-state index contributed by atoms with van der Waals surface area (Å²) in [5.74, 6) is 1.28. The van der Waals surface area contributed by atoms with Gasteiger partial charge in [0.05, 0.1) is 26.4 Å². The Kier molecular flexibility index (Phi) is 6.33. The number of aliphatic hydroxyl groups is 1. The van der Waals surface area contributed by atoms with E-state index >= 15 is 0 Å². The van der Waals surface area contributed by atoms with Gasteiger partial charge in [-0.15, -0.1) is 0 Å². The Morgan fingerprint density at radius 2 is 2.00 bits per heavy atom. The van der Waals surface area contributed by atoms with Crippen LogP contribution < -0.4 is 9.47 Å². The minimum Gasteiger partial charge on any atom is -0.493 e. The summed E-state index contributed by atoms with van der Waals surface area (Å²) in [5, 5.41) is 10.4. The van der Waals surface area contributed by atoms with E-state index in [9.17, 15) is 5.11 Å². The molecule has 21 heavy (non-hydrogen) atoms. The van der Waals surface area contributed by atoms with Gasteiger partial charge in [-0.1, -0.05) is 15.9 Å². The van der Waals surface area contributed by atoms with Crippen molar-refractivity contribution in [2.24, 2.45) is 0 Å². The maximum Gasteiger partial charge on any atom is 0.161 e. The van der Waals surface area contributed by atoms with Crippen LogP contribution in [0.4, 0.5) is 0 Å². The van der Waals surface area contributed by atoms with Gasteiger partial charge in [-0.05, 0) is 49.8 Å². The summed E-state index contributed by atoms with van der Waals surface area (Å²) >= 11 is 3.49. The fourth-order valence-corrected chi connectivity index (χ4v) is 3.25. The highest BCUT2D eigenvalue weighted by Gasteiger charge is 2.19. The third-order valence-corrected chi connectivity index (χ3v) is 4.58. The van der Waals surface area contributed by atoms with Crippen LogP contribution in [0.5, 0.6) is 11.5 Å². The van der Waals surface area contributed by atoms with Gasteiger partial charge in [-0.2, -0.15) is 0 Å². The van der Waals surface area contributed by atoms with Gasteiger partial charge in [0.15, 0.2) is 11.5 Å². The van der Waals surface area contributed by atoms with Crippen molar-refractivity contribution in [2.75, 3.05) is 20.8 Å². The minimum atomic E-state index is -0.537. The van der Waals surface area contributed by atoms with Crippen molar-refractivity contribution < 1.29 is 19.3 Å². The molecule has 0 saturated carbocycles. The predicted octanol–water partition coefficient (Wildman–Crippen LogP) is 3.85. The second-order valence-corrected chi connectivity index (χ2v) is 6.16. The zero-order valence-corrected chi connectivity index (χ0v) is 14.2. The van der Waals surface area contributed by atoms with E-state index in [-0.39, 0.29) is 6.10 Å². The number of aliphatic hydroxyl groups excluding tert-OH is 1. The van der Waals surface area contributed by atoms with Gasteiger partial charge < -0.3 is 19.3 Å². The second-order valence-electron chi connectivity index (χ2n) is 5.31. The summed E-state index contributed by atoms with van der Waals surface area (Å²) in [6.45, 7) is 0.848. The summed E-state index contributed by atoms with van der Waals surface area (Å²) in [4.78, 5) is 0. The molecule has 0 aromatic heterocycles. The van der Waals surface area contributed by atoms with Gasteiger partial charge >= 0.3 is 0 Å². The lowest BCUT2D eigenvalue weighted by molar-refractivity contribution is 0.00207. The second kappa shape index (κ2) is 8.01. The van der Waals surface area contributed by atoms with Crippen molar-refractivity contribution in [3.63, 3.8) is 0 Å². The summed E-state index contributed by atoms with van der Waals surface area (Å²) in [6.07, 6.45) is 4.78. The number of halogens is 1. The van der Waals surface area contributed by atoms with Crippen LogP contribution in [0.15, 0.2) is 16.6 Å². The molecule has 1 aliphatic rings. The molecule has 0 aliphatic carbocycles. The van der Waals surface area contributed by atoms with Crippen molar-refractivity contribution in [2.45, 2.75) is 44.3 Å². The molecule has 1 heterocycles. The van der Waals surface area contributed by atoms with Crippen molar-refractivity contribution in [1.29, 1.82) is 0 Å². The lowest BCUT2D eigenvalue weighted by Gasteiger charge is -2.24. The zero-order valence-electron chi connectivity index (χ0n) is 12.6. The molecule has 2 atom stereocenters. The first-order chi connectivity index (χ1) is 10.2. The van der Waals surface area contributed by atoms with Gasteiger partial charge in [0.1, 0.15) is 0 Å². The predicted molar refractivity (Wildman–Crippen MR) is 85.0 cm³/mol. The van der Waals surface area contributed by atoms with Gasteiger partial charge in [-0.25, -0.2) is 0 Å². The van der Waals surface area contributed by atoms with Crippen LogP contribution >= 0.6 is 15.9 Å². The van der Waals surface area contributed by atoms with E-state index in [0.717, 1.165) is 35.9 Å². The van der Waals surface area contributed by atoms with Gasteiger partial charge in [0.25, 0.3) is 0 Å². The molecule has 0 amide bonds. The van der Waals surface area contributed by atoms with Crippen LogP contribution in [0.1, 0.15) is 43.8 Å². The lowest BCUT2D eigenvalue weighted by Crippen LogP contribution is -2.19. The molecule has 1 aromatic carbocycles. The quantitative estimate of drug-likeness (QED) is 0.838. The maximum atomic E-state index is 10.4. The molecule has 1 aliphatic heterocycles. The number of methoxy groups -OCH3 is 2. The van der Waals surface area contributed by atoms with Crippen LogP contribution in [0.3, 0.4) is 0 Å². The average Bonchev–Trinajstić information content (AvgIpc) is 2.53. The first-order valence-electron chi connectivity index (χ1n) is 7.36. The Bertz CT molecular complexity index is 458. The average molecular weight is 359 g/mol. The molecule has 4 nitrogen and oxygen atoms in total. The third-order valence-electron chi connectivity index (χ3n) is 3.90. The third kappa shape index (κ3) is 4.34. The fraction of sp³-hybridized carbons (Fsp3) is 0.625. The highest BCUT2D eigenvalue weighted by atomic mass is 79.9. The van der Waals surface area contributed by atoms with Crippen LogP contribution in [-0.4, -0.2) is 32.0 Å². The molecule has 5 heteroatoms. The molecule has 1 N–H and O–H groups in total. The molecular weight excluding hydrogens is 336 g/mol.